The monoisotopic (exact) mass is 194 g/mol. The van der Waals surface area contributed by atoms with Crippen LogP contribution in [0.4, 0.5) is 0 Å². The SMILES string of the molecule is CCOC(=O)c1ccc(C(=O)O)cc1. The van der Waals surface area contributed by atoms with Gasteiger partial charge in [0.05, 0.1) is 17.7 Å². The number of hydrogen-bond donors (Lipinski definition) is 1. The number of carbonyl (C=O) groups is 2. The first-order valence-electron chi connectivity index (χ1n) is 4.15. The summed E-state index contributed by atoms with van der Waals surface area (Å²) in [5.41, 5.74) is 0.509. The van der Waals surface area contributed by atoms with Crippen molar-refractivity contribution in [2.24, 2.45) is 0 Å². The second kappa shape index (κ2) is 4.41. The first kappa shape index (κ1) is 10.2. The molecule has 0 spiro atoms. The van der Waals surface area contributed by atoms with E-state index in [0.717, 1.165) is 0 Å². The summed E-state index contributed by atoms with van der Waals surface area (Å²) in [7, 11) is 0. The molecule has 0 aromatic heterocycles. The number of carboxylic acid groups (broad SMARTS) is 1. The van der Waals surface area contributed by atoms with Gasteiger partial charge in [0.2, 0.25) is 0 Å². The number of aromatic carboxylic acids is 1. The standard InChI is InChI=1S/C10H10O4/c1-2-14-10(13)8-5-3-7(4-6-8)9(11)12/h3-6H,2H2,1H3,(H,11,12). The van der Waals surface area contributed by atoms with E-state index in [-0.39, 0.29) is 5.56 Å². The number of esters is 1. The summed E-state index contributed by atoms with van der Waals surface area (Å²) in [5.74, 6) is -1.45. The molecule has 74 valence electrons. The van der Waals surface area contributed by atoms with Crippen molar-refractivity contribution < 1.29 is 19.4 Å². The molecule has 0 aliphatic rings. The highest BCUT2D eigenvalue weighted by atomic mass is 16.5. The quantitative estimate of drug-likeness (QED) is 0.741. The largest absolute Gasteiger partial charge is 0.478 e. The lowest BCUT2D eigenvalue weighted by atomic mass is 10.1. The van der Waals surface area contributed by atoms with Gasteiger partial charge >= 0.3 is 11.9 Å². The third-order valence-electron chi connectivity index (χ3n) is 1.64. The Bertz CT molecular complexity index is 340. The van der Waals surface area contributed by atoms with Crippen molar-refractivity contribution in [1.82, 2.24) is 0 Å². The maximum atomic E-state index is 11.2. The van der Waals surface area contributed by atoms with Crippen molar-refractivity contribution in [1.29, 1.82) is 0 Å². The van der Waals surface area contributed by atoms with Crippen LogP contribution < -0.4 is 0 Å². The molecule has 0 aliphatic heterocycles. The van der Waals surface area contributed by atoms with Crippen LogP contribution in [0.1, 0.15) is 27.6 Å². The van der Waals surface area contributed by atoms with Gasteiger partial charge in [0, 0.05) is 0 Å². The zero-order valence-electron chi connectivity index (χ0n) is 7.69. The van der Waals surface area contributed by atoms with E-state index in [9.17, 15) is 9.59 Å². The van der Waals surface area contributed by atoms with Crippen LogP contribution in [0.5, 0.6) is 0 Å². The smallest absolute Gasteiger partial charge is 0.338 e. The first-order valence-corrected chi connectivity index (χ1v) is 4.15. The van der Waals surface area contributed by atoms with Crippen LogP contribution in [0.3, 0.4) is 0 Å². The predicted octanol–water partition coefficient (Wildman–Crippen LogP) is 1.56. The minimum absolute atomic E-state index is 0.151. The predicted molar refractivity (Wildman–Crippen MR) is 49.4 cm³/mol. The van der Waals surface area contributed by atoms with Crippen molar-refractivity contribution in [3.05, 3.63) is 35.4 Å². The van der Waals surface area contributed by atoms with Crippen molar-refractivity contribution in [3.63, 3.8) is 0 Å². The van der Waals surface area contributed by atoms with Gasteiger partial charge in [0.15, 0.2) is 0 Å². The Balaban J connectivity index is 2.83. The fourth-order valence-corrected chi connectivity index (χ4v) is 0.963. The van der Waals surface area contributed by atoms with Gasteiger partial charge in [-0.05, 0) is 31.2 Å². The Morgan fingerprint density at radius 1 is 1.21 bits per heavy atom. The average Bonchev–Trinajstić information content (AvgIpc) is 2.18. The van der Waals surface area contributed by atoms with Crippen LogP contribution in [0.2, 0.25) is 0 Å². The summed E-state index contributed by atoms with van der Waals surface area (Å²) < 4.78 is 4.74. The van der Waals surface area contributed by atoms with E-state index in [1.54, 1.807) is 6.92 Å². The number of ether oxygens (including phenoxy) is 1. The van der Waals surface area contributed by atoms with Gasteiger partial charge in [-0.2, -0.15) is 0 Å². The number of rotatable bonds is 3. The molecule has 0 radical (unpaired) electrons. The molecule has 1 N–H and O–H groups in total. The van der Waals surface area contributed by atoms with Crippen molar-refractivity contribution in [2.45, 2.75) is 6.92 Å². The van der Waals surface area contributed by atoms with Gasteiger partial charge in [0.25, 0.3) is 0 Å². The second-order valence-electron chi connectivity index (χ2n) is 2.60. The molecule has 0 bridgehead atoms. The number of carbonyl (C=O) groups excluding carboxylic acids is 1. The minimum Gasteiger partial charge on any atom is -0.478 e. The molecular weight excluding hydrogens is 184 g/mol. The van der Waals surface area contributed by atoms with Crippen molar-refractivity contribution in [2.75, 3.05) is 6.61 Å². The number of carboxylic acids is 1. The summed E-state index contributed by atoms with van der Waals surface area (Å²) in [6.45, 7) is 2.02. The van der Waals surface area contributed by atoms with E-state index in [1.807, 2.05) is 0 Å². The summed E-state index contributed by atoms with van der Waals surface area (Å²) in [6, 6.07) is 5.60. The Morgan fingerprint density at radius 2 is 1.71 bits per heavy atom. The first-order chi connectivity index (χ1) is 6.65. The second-order valence-corrected chi connectivity index (χ2v) is 2.60. The molecule has 0 atom stereocenters. The van der Waals surface area contributed by atoms with Gasteiger partial charge < -0.3 is 9.84 Å². The van der Waals surface area contributed by atoms with Gasteiger partial charge in [0.1, 0.15) is 0 Å². The van der Waals surface area contributed by atoms with Crippen LogP contribution in [0, 0.1) is 0 Å². The molecule has 0 saturated carbocycles. The molecule has 0 saturated heterocycles. The number of hydrogen-bond acceptors (Lipinski definition) is 3. The highest BCUT2D eigenvalue weighted by Gasteiger charge is 2.07. The molecule has 0 unspecified atom stereocenters. The highest BCUT2D eigenvalue weighted by molar-refractivity contribution is 5.92. The third-order valence-corrected chi connectivity index (χ3v) is 1.64. The van der Waals surface area contributed by atoms with E-state index < -0.39 is 11.9 Å². The fraction of sp³-hybridized carbons (Fsp3) is 0.200. The van der Waals surface area contributed by atoms with E-state index in [0.29, 0.717) is 12.2 Å². The van der Waals surface area contributed by atoms with Crippen LogP contribution in [-0.2, 0) is 4.74 Å². The topological polar surface area (TPSA) is 63.6 Å². The normalized spacial score (nSPS) is 9.50. The van der Waals surface area contributed by atoms with Crippen LogP contribution >= 0.6 is 0 Å². The Morgan fingerprint density at radius 3 is 2.14 bits per heavy atom. The molecular formula is C10H10O4. The molecule has 0 amide bonds. The van der Waals surface area contributed by atoms with Crippen LogP contribution in [0.15, 0.2) is 24.3 Å². The van der Waals surface area contributed by atoms with E-state index >= 15 is 0 Å². The Labute approximate surface area is 81.1 Å². The summed E-state index contributed by atoms with van der Waals surface area (Å²) >= 11 is 0. The average molecular weight is 194 g/mol. The van der Waals surface area contributed by atoms with Gasteiger partial charge in [-0.15, -0.1) is 0 Å². The summed E-state index contributed by atoms with van der Waals surface area (Å²) in [4.78, 5) is 21.6. The molecule has 0 fully saturated rings. The zero-order chi connectivity index (χ0) is 10.6. The lowest BCUT2D eigenvalue weighted by molar-refractivity contribution is 0.0525. The molecule has 1 aromatic carbocycles. The third kappa shape index (κ3) is 2.32. The maximum absolute atomic E-state index is 11.2. The molecule has 0 aliphatic carbocycles. The van der Waals surface area contributed by atoms with E-state index in [4.69, 9.17) is 9.84 Å². The molecule has 4 heteroatoms. The molecule has 1 aromatic rings. The van der Waals surface area contributed by atoms with Crippen molar-refractivity contribution >= 4 is 11.9 Å². The minimum atomic E-state index is -1.01. The lowest BCUT2D eigenvalue weighted by Gasteiger charge is -2.01. The van der Waals surface area contributed by atoms with E-state index in [2.05, 4.69) is 0 Å². The molecule has 14 heavy (non-hydrogen) atoms. The van der Waals surface area contributed by atoms with E-state index in [1.165, 1.54) is 24.3 Å². The Kier molecular flexibility index (Phi) is 3.23. The van der Waals surface area contributed by atoms with Crippen molar-refractivity contribution in [3.8, 4) is 0 Å². The zero-order valence-corrected chi connectivity index (χ0v) is 7.69. The fourth-order valence-electron chi connectivity index (χ4n) is 0.963. The molecule has 1 rings (SSSR count). The van der Waals surface area contributed by atoms with Gasteiger partial charge in [-0.25, -0.2) is 9.59 Å². The molecule has 4 nitrogen and oxygen atoms in total. The molecule has 0 heterocycles. The van der Waals surface area contributed by atoms with Crippen LogP contribution in [-0.4, -0.2) is 23.7 Å². The Hall–Kier alpha value is -1.84. The highest BCUT2D eigenvalue weighted by Crippen LogP contribution is 2.05. The number of benzene rings is 1. The lowest BCUT2D eigenvalue weighted by Crippen LogP contribution is -2.05. The summed E-state index contributed by atoms with van der Waals surface area (Å²) in [6.07, 6.45) is 0. The van der Waals surface area contributed by atoms with Gasteiger partial charge in [-0.3, -0.25) is 0 Å². The summed E-state index contributed by atoms with van der Waals surface area (Å²) in [5, 5.41) is 8.60. The maximum Gasteiger partial charge on any atom is 0.338 e. The van der Waals surface area contributed by atoms with Crippen LogP contribution in [0.25, 0.3) is 0 Å². The van der Waals surface area contributed by atoms with Gasteiger partial charge in [-0.1, -0.05) is 0 Å².